The van der Waals surface area contributed by atoms with E-state index in [1.165, 1.54) is 7.11 Å². The van der Waals surface area contributed by atoms with Gasteiger partial charge in [-0.1, -0.05) is 12.1 Å². The van der Waals surface area contributed by atoms with E-state index in [-0.39, 0.29) is 0 Å². The lowest BCUT2D eigenvalue weighted by Gasteiger charge is -2.32. The average Bonchev–Trinajstić information content (AvgIpc) is 2.89. The fourth-order valence-electron chi connectivity index (χ4n) is 2.84. The first-order chi connectivity index (χ1) is 13.6. The van der Waals surface area contributed by atoms with Crippen molar-refractivity contribution in [2.45, 2.75) is 38.9 Å². The van der Waals surface area contributed by atoms with Crippen LogP contribution in [0.1, 0.15) is 38.1 Å². The van der Waals surface area contributed by atoms with Crippen LogP contribution < -0.4 is 16.1 Å². The second-order valence-corrected chi connectivity index (χ2v) is 7.86. The van der Waals surface area contributed by atoms with Crippen LogP contribution in [-0.4, -0.2) is 37.4 Å². The normalized spacial score (nSPS) is 16.9. The zero-order chi connectivity index (χ0) is 21.2. The van der Waals surface area contributed by atoms with E-state index in [9.17, 15) is 9.59 Å². The molecule has 7 nitrogen and oxygen atoms in total. The van der Waals surface area contributed by atoms with Crippen molar-refractivity contribution in [2.75, 3.05) is 17.7 Å². The Morgan fingerprint density at radius 1 is 0.897 bits per heavy atom. The van der Waals surface area contributed by atoms with E-state index in [0.29, 0.717) is 16.9 Å². The molecule has 0 aromatic heterocycles. The van der Waals surface area contributed by atoms with Gasteiger partial charge in [-0.05, 0) is 69.6 Å². The molecule has 2 aromatic carbocycles. The molecule has 1 aliphatic rings. The van der Waals surface area contributed by atoms with Gasteiger partial charge in [-0.25, -0.2) is 9.59 Å². The average molecular weight is 396 g/mol. The molecule has 8 heteroatoms. The molecule has 29 heavy (non-hydrogen) atoms. The van der Waals surface area contributed by atoms with Crippen molar-refractivity contribution >= 4 is 36.0 Å². The summed E-state index contributed by atoms with van der Waals surface area (Å²) >= 11 is 0. The van der Waals surface area contributed by atoms with Crippen molar-refractivity contribution in [3.8, 4) is 0 Å². The van der Waals surface area contributed by atoms with Gasteiger partial charge in [0.25, 0.3) is 0 Å². The summed E-state index contributed by atoms with van der Waals surface area (Å²) in [5, 5.41) is 5.52. The predicted molar refractivity (Wildman–Crippen MR) is 113 cm³/mol. The van der Waals surface area contributed by atoms with E-state index in [2.05, 4.69) is 15.4 Å². The number of urea groups is 1. The summed E-state index contributed by atoms with van der Waals surface area (Å²) in [5.74, 6) is -0.430. The zero-order valence-electron chi connectivity index (χ0n) is 17.2. The summed E-state index contributed by atoms with van der Waals surface area (Å²) < 4.78 is 16.8. The van der Waals surface area contributed by atoms with E-state index in [1.807, 2.05) is 45.9 Å². The Morgan fingerprint density at radius 2 is 1.48 bits per heavy atom. The van der Waals surface area contributed by atoms with Gasteiger partial charge < -0.3 is 24.7 Å². The molecule has 152 valence electrons. The molecular formula is C21H25BN2O5. The number of hydrogen-bond acceptors (Lipinski definition) is 5. The maximum Gasteiger partial charge on any atom is 0.494 e. The Morgan fingerprint density at radius 3 is 2.07 bits per heavy atom. The second-order valence-electron chi connectivity index (χ2n) is 7.86. The lowest BCUT2D eigenvalue weighted by molar-refractivity contribution is 0.00578. The fourth-order valence-corrected chi connectivity index (χ4v) is 2.84. The number of carbonyl (C=O) groups is 2. The molecule has 0 aliphatic carbocycles. The van der Waals surface area contributed by atoms with E-state index in [0.717, 1.165) is 5.46 Å². The van der Waals surface area contributed by atoms with E-state index in [4.69, 9.17) is 9.31 Å². The van der Waals surface area contributed by atoms with Crippen molar-refractivity contribution in [3.63, 3.8) is 0 Å². The van der Waals surface area contributed by atoms with Crippen LogP contribution in [0, 0.1) is 0 Å². The highest BCUT2D eigenvalue weighted by molar-refractivity contribution is 6.62. The molecule has 3 rings (SSSR count). The first-order valence-corrected chi connectivity index (χ1v) is 9.33. The fraction of sp³-hybridized carbons (Fsp3) is 0.333. The molecule has 1 aliphatic heterocycles. The maximum absolute atomic E-state index is 12.3. The number of ether oxygens (including phenoxy) is 1. The number of methoxy groups -OCH3 is 1. The number of benzene rings is 2. The third kappa shape index (κ3) is 4.60. The molecule has 2 N–H and O–H groups in total. The highest BCUT2D eigenvalue weighted by Crippen LogP contribution is 2.36. The predicted octanol–water partition coefficient (Wildman–Crippen LogP) is 3.42. The maximum atomic E-state index is 12.3. The molecule has 0 unspecified atom stereocenters. The van der Waals surface area contributed by atoms with Crippen LogP contribution in [0.4, 0.5) is 16.2 Å². The molecule has 0 bridgehead atoms. The van der Waals surface area contributed by atoms with Crippen LogP contribution in [-0.2, 0) is 14.0 Å². The van der Waals surface area contributed by atoms with Gasteiger partial charge in [0.2, 0.25) is 0 Å². The Hall–Kier alpha value is -2.84. The van der Waals surface area contributed by atoms with Crippen molar-refractivity contribution in [2.24, 2.45) is 0 Å². The molecular weight excluding hydrogens is 371 g/mol. The Kier molecular flexibility index (Phi) is 5.68. The summed E-state index contributed by atoms with van der Waals surface area (Å²) in [6.07, 6.45) is 0. The molecule has 2 aromatic rings. The van der Waals surface area contributed by atoms with Crippen LogP contribution in [0.15, 0.2) is 48.5 Å². The smallest absolute Gasteiger partial charge is 0.465 e. The minimum absolute atomic E-state index is 0.401. The molecule has 0 radical (unpaired) electrons. The highest BCUT2D eigenvalue weighted by atomic mass is 16.7. The topological polar surface area (TPSA) is 85.9 Å². The number of amides is 2. The van der Waals surface area contributed by atoms with Crippen molar-refractivity contribution < 1.29 is 23.6 Å². The van der Waals surface area contributed by atoms with Gasteiger partial charge in [-0.2, -0.15) is 0 Å². The minimum Gasteiger partial charge on any atom is -0.465 e. The molecule has 0 atom stereocenters. The van der Waals surface area contributed by atoms with Crippen molar-refractivity contribution in [3.05, 3.63) is 54.1 Å². The van der Waals surface area contributed by atoms with E-state index < -0.39 is 30.3 Å². The first kappa shape index (κ1) is 20.9. The summed E-state index contributed by atoms with van der Waals surface area (Å²) in [6.45, 7) is 7.98. The standard InChI is InChI=1S/C21H25BN2O5/c1-20(2)21(3,4)29-22(28-20)15-7-6-8-17(13-15)24-19(26)23-16-11-9-14(10-12-16)18(25)27-5/h6-13H,1-5H3,(H2,23,24,26). The number of anilines is 2. The molecule has 1 fully saturated rings. The van der Waals surface area contributed by atoms with Gasteiger partial charge in [0.15, 0.2) is 0 Å². The van der Waals surface area contributed by atoms with Crippen LogP contribution >= 0.6 is 0 Å². The van der Waals surface area contributed by atoms with Crippen LogP contribution in [0.3, 0.4) is 0 Å². The summed E-state index contributed by atoms with van der Waals surface area (Å²) in [6, 6.07) is 13.4. The number of nitrogens with one attached hydrogen (secondary N) is 2. The number of esters is 1. The third-order valence-corrected chi connectivity index (χ3v) is 5.23. The van der Waals surface area contributed by atoms with Crippen LogP contribution in [0.25, 0.3) is 0 Å². The Balaban J connectivity index is 1.64. The molecule has 0 saturated carbocycles. The number of rotatable bonds is 4. The van der Waals surface area contributed by atoms with Gasteiger partial charge in [0.05, 0.1) is 23.9 Å². The molecule has 2 amide bonds. The molecule has 1 saturated heterocycles. The van der Waals surface area contributed by atoms with Gasteiger partial charge in [-0.3, -0.25) is 0 Å². The van der Waals surface area contributed by atoms with Gasteiger partial charge >= 0.3 is 19.1 Å². The summed E-state index contributed by atoms with van der Waals surface area (Å²) in [4.78, 5) is 23.8. The summed E-state index contributed by atoms with van der Waals surface area (Å²) in [5.41, 5.74) is 1.53. The lowest BCUT2D eigenvalue weighted by Crippen LogP contribution is -2.41. The van der Waals surface area contributed by atoms with Crippen LogP contribution in [0.2, 0.25) is 0 Å². The van der Waals surface area contributed by atoms with Crippen molar-refractivity contribution in [1.29, 1.82) is 0 Å². The third-order valence-electron chi connectivity index (χ3n) is 5.23. The largest absolute Gasteiger partial charge is 0.494 e. The minimum atomic E-state index is -0.504. The Labute approximate surface area is 170 Å². The van der Waals surface area contributed by atoms with E-state index in [1.54, 1.807) is 30.3 Å². The summed E-state index contributed by atoms with van der Waals surface area (Å²) in [7, 11) is 0.815. The first-order valence-electron chi connectivity index (χ1n) is 9.33. The quantitative estimate of drug-likeness (QED) is 0.611. The number of hydrogen-bond donors (Lipinski definition) is 2. The SMILES string of the molecule is COC(=O)c1ccc(NC(=O)Nc2cccc(B3OC(C)(C)C(C)(C)O3)c2)cc1. The monoisotopic (exact) mass is 396 g/mol. The zero-order valence-corrected chi connectivity index (χ0v) is 17.2. The Bertz CT molecular complexity index is 896. The highest BCUT2D eigenvalue weighted by Gasteiger charge is 2.51. The molecule has 1 heterocycles. The number of carbonyl (C=O) groups excluding carboxylic acids is 2. The van der Waals surface area contributed by atoms with E-state index >= 15 is 0 Å². The second kappa shape index (κ2) is 7.89. The van der Waals surface area contributed by atoms with Crippen molar-refractivity contribution in [1.82, 2.24) is 0 Å². The lowest BCUT2D eigenvalue weighted by atomic mass is 9.79. The van der Waals surface area contributed by atoms with Gasteiger partial charge in [0, 0.05) is 11.4 Å². The molecule has 0 spiro atoms. The van der Waals surface area contributed by atoms with Crippen LogP contribution in [0.5, 0.6) is 0 Å². The van der Waals surface area contributed by atoms with Gasteiger partial charge in [0.1, 0.15) is 0 Å². The van der Waals surface area contributed by atoms with Gasteiger partial charge in [-0.15, -0.1) is 0 Å².